The number of halogens is 1. The van der Waals surface area contributed by atoms with Crippen molar-refractivity contribution < 1.29 is 9.53 Å². The standard InChI is InChI=1S/C15H11IO2/c16-11-7-5-10(6-8-11)15(17)13-9-18-14-4-2-1-3-12(13)14/h1-8,13H,9H2. The molecule has 1 aliphatic heterocycles. The van der Waals surface area contributed by atoms with Crippen molar-refractivity contribution in [3.63, 3.8) is 0 Å². The summed E-state index contributed by atoms with van der Waals surface area (Å²) >= 11 is 2.23. The van der Waals surface area contributed by atoms with Crippen LogP contribution in [0.15, 0.2) is 48.5 Å². The zero-order valence-corrected chi connectivity index (χ0v) is 11.8. The average molecular weight is 350 g/mol. The van der Waals surface area contributed by atoms with Gasteiger partial charge in [-0.3, -0.25) is 4.79 Å². The fraction of sp³-hybridized carbons (Fsp3) is 0.133. The molecule has 0 radical (unpaired) electrons. The van der Waals surface area contributed by atoms with E-state index in [0.29, 0.717) is 6.61 Å². The number of fused-ring (bicyclic) bond motifs is 1. The largest absolute Gasteiger partial charge is 0.492 e. The minimum Gasteiger partial charge on any atom is -0.492 e. The molecule has 0 spiro atoms. The quantitative estimate of drug-likeness (QED) is 0.611. The van der Waals surface area contributed by atoms with Gasteiger partial charge in [0.2, 0.25) is 0 Å². The van der Waals surface area contributed by atoms with Crippen molar-refractivity contribution in [2.24, 2.45) is 0 Å². The number of hydrogen-bond donors (Lipinski definition) is 0. The lowest BCUT2D eigenvalue weighted by molar-refractivity contribution is 0.0947. The van der Waals surface area contributed by atoms with E-state index in [0.717, 1.165) is 20.4 Å². The monoisotopic (exact) mass is 350 g/mol. The third-order valence-electron chi connectivity index (χ3n) is 3.15. The Morgan fingerprint density at radius 1 is 1.11 bits per heavy atom. The van der Waals surface area contributed by atoms with Gasteiger partial charge in [0.25, 0.3) is 0 Å². The van der Waals surface area contributed by atoms with E-state index in [1.807, 2.05) is 48.5 Å². The predicted molar refractivity (Wildman–Crippen MR) is 78.2 cm³/mol. The minimum atomic E-state index is -0.165. The third kappa shape index (κ3) is 2.03. The van der Waals surface area contributed by atoms with Gasteiger partial charge in [-0.1, -0.05) is 30.3 Å². The van der Waals surface area contributed by atoms with E-state index in [-0.39, 0.29) is 11.7 Å². The Morgan fingerprint density at radius 3 is 2.61 bits per heavy atom. The van der Waals surface area contributed by atoms with Gasteiger partial charge in [-0.25, -0.2) is 0 Å². The molecule has 0 saturated heterocycles. The summed E-state index contributed by atoms with van der Waals surface area (Å²) in [6.45, 7) is 0.449. The molecular weight excluding hydrogens is 339 g/mol. The second-order valence-corrected chi connectivity index (χ2v) is 5.52. The summed E-state index contributed by atoms with van der Waals surface area (Å²) in [7, 11) is 0. The predicted octanol–water partition coefficient (Wildman–Crippen LogP) is 3.65. The molecule has 3 heteroatoms. The SMILES string of the molecule is O=C(c1ccc(I)cc1)C1COc2ccccc21. The Kier molecular flexibility index (Phi) is 3.07. The molecule has 90 valence electrons. The van der Waals surface area contributed by atoms with Gasteiger partial charge in [0.15, 0.2) is 5.78 Å². The topological polar surface area (TPSA) is 26.3 Å². The molecule has 2 aromatic carbocycles. The number of rotatable bonds is 2. The van der Waals surface area contributed by atoms with E-state index in [9.17, 15) is 4.79 Å². The highest BCUT2D eigenvalue weighted by Gasteiger charge is 2.30. The van der Waals surface area contributed by atoms with Crippen molar-refractivity contribution in [2.45, 2.75) is 5.92 Å². The van der Waals surface area contributed by atoms with Gasteiger partial charge in [-0.2, -0.15) is 0 Å². The maximum Gasteiger partial charge on any atom is 0.173 e. The van der Waals surface area contributed by atoms with Gasteiger partial charge in [-0.05, 0) is 40.8 Å². The Morgan fingerprint density at radius 2 is 1.83 bits per heavy atom. The van der Waals surface area contributed by atoms with Crippen LogP contribution in [-0.2, 0) is 0 Å². The maximum atomic E-state index is 12.4. The van der Waals surface area contributed by atoms with Crippen LogP contribution in [0.5, 0.6) is 5.75 Å². The number of hydrogen-bond acceptors (Lipinski definition) is 2. The molecule has 0 amide bonds. The van der Waals surface area contributed by atoms with Gasteiger partial charge < -0.3 is 4.74 Å². The summed E-state index contributed by atoms with van der Waals surface area (Å²) in [4.78, 5) is 12.4. The second kappa shape index (κ2) is 4.72. The van der Waals surface area contributed by atoms with E-state index in [4.69, 9.17) is 4.74 Å². The molecule has 0 fully saturated rings. The molecule has 1 atom stereocenters. The Bertz CT molecular complexity index is 590. The Labute approximate surface area is 119 Å². The number of Topliss-reactive ketones (excluding diaryl/α,β-unsaturated/α-hetero) is 1. The van der Waals surface area contributed by atoms with Gasteiger partial charge in [0, 0.05) is 14.7 Å². The van der Waals surface area contributed by atoms with Crippen LogP contribution in [0, 0.1) is 3.57 Å². The first kappa shape index (κ1) is 11.7. The normalized spacial score (nSPS) is 17.1. The lowest BCUT2D eigenvalue weighted by atomic mass is 9.92. The molecule has 2 nitrogen and oxygen atoms in total. The van der Waals surface area contributed by atoms with E-state index < -0.39 is 0 Å². The molecule has 1 heterocycles. The molecule has 0 bridgehead atoms. The summed E-state index contributed by atoms with van der Waals surface area (Å²) in [5.74, 6) is 0.805. The first-order valence-electron chi connectivity index (χ1n) is 5.77. The number of ketones is 1. The van der Waals surface area contributed by atoms with Crippen molar-refractivity contribution in [1.82, 2.24) is 0 Å². The highest BCUT2D eigenvalue weighted by atomic mass is 127. The molecule has 0 N–H and O–H groups in total. The summed E-state index contributed by atoms with van der Waals surface area (Å²) in [6.07, 6.45) is 0. The van der Waals surface area contributed by atoms with Crippen LogP contribution in [0.3, 0.4) is 0 Å². The fourth-order valence-corrected chi connectivity index (χ4v) is 2.55. The molecule has 18 heavy (non-hydrogen) atoms. The van der Waals surface area contributed by atoms with Crippen molar-refractivity contribution in [3.05, 3.63) is 63.2 Å². The summed E-state index contributed by atoms with van der Waals surface area (Å²) in [5, 5.41) is 0. The summed E-state index contributed by atoms with van der Waals surface area (Å²) in [6, 6.07) is 15.4. The van der Waals surface area contributed by atoms with Crippen LogP contribution in [0.25, 0.3) is 0 Å². The maximum absolute atomic E-state index is 12.4. The highest BCUT2D eigenvalue weighted by Crippen LogP contribution is 2.35. The second-order valence-electron chi connectivity index (χ2n) is 4.27. The molecule has 0 aromatic heterocycles. The average Bonchev–Trinajstić information content (AvgIpc) is 2.82. The van der Waals surface area contributed by atoms with Gasteiger partial charge in [0.1, 0.15) is 12.4 Å². The zero-order chi connectivity index (χ0) is 12.5. The number of benzene rings is 2. The fourth-order valence-electron chi connectivity index (χ4n) is 2.20. The van der Waals surface area contributed by atoms with Crippen molar-refractivity contribution in [2.75, 3.05) is 6.61 Å². The van der Waals surface area contributed by atoms with E-state index >= 15 is 0 Å². The molecule has 3 rings (SSSR count). The lowest BCUT2D eigenvalue weighted by Crippen LogP contribution is -2.14. The smallest absolute Gasteiger partial charge is 0.173 e. The zero-order valence-electron chi connectivity index (χ0n) is 9.60. The molecule has 0 saturated carbocycles. The minimum absolute atomic E-state index is 0.136. The van der Waals surface area contributed by atoms with Crippen LogP contribution < -0.4 is 4.74 Å². The van der Waals surface area contributed by atoms with Gasteiger partial charge in [-0.15, -0.1) is 0 Å². The van der Waals surface area contributed by atoms with Crippen LogP contribution in [-0.4, -0.2) is 12.4 Å². The van der Waals surface area contributed by atoms with Gasteiger partial charge >= 0.3 is 0 Å². The summed E-state index contributed by atoms with van der Waals surface area (Å²) in [5.41, 5.74) is 1.75. The molecule has 2 aromatic rings. The van der Waals surface area contributed by atoms with Gasteiger partial charge in [0.05, 0.1) is 5.92 Å². The lowest BCUT2D eigenvalue weighted by Gasteiger charge is -2.07. The first-order valence-corrected chi connectivity index (χ1v) is 6.85. The first-order chi connectivity index (χ1) is 8.75. The van der Waals surface area contributed by atoms with Crippen LogP contribution in [0.2, 0.25) is 0 Å². The van der Waals surface area contributed by atoms with Crippen LogP contribution in [0.4, 0.5) is 0 Å². The molecular formula is C15H11IO2. The highest BCUT2D eigenvalue weighted by molar-refractivity contribution is 14.1. The number of carbonyl (C=O) groups is 1. The molecule has 1 unspecified atom stereocenters. The van der Waals surface area contributed by atoms with Crippen LogP contribution >= 0.6 is 22.6 Å². The van der Waals surface area contributed by atoms with E-state index in [1.54, 1.807) is 0 Å². The molecule has 1 aliphatic rings. The van der Waals surface area contributed by atoms with Crippen molar-refractivity contribution in [1.29, 1.82) is 0 Å². The van der Waals surface area contributed by atoms with Crippen molar-refractivity contribution >= 4 is 28.4 Å². The Balaban J connectivity index is 1.93. The number of para-hydroxylation sites is 1. The molecule has 0 aliphatic carbocycles. The van der Waals surface area contributed by atoms with Crippen molar-refractivity contribution in [3.8, 4) is 5.75 Å². The van der Waals surface area contributed by atoms with Crippen LogP contribution in [0.1, 0.15) is 21.8 Å². The number of ether oxygens (including phenoxy) is 1. The van der Waals surface area contributed by atoms with E-state index in [2.05, 4.69) is 22.6 Å². The van der Waals surface area contributed by atoms with E-state index in [1.165, 1.54) is 0 Å². The number of carbonyl (C=O) groups excluding carboxylic acids is 1. The third-order valence-corrected chi connectivity index (χ3v) is 3.86. The summed E-state index contributed by atoms with van der Waals surface area (Å²) < 4.78 is 6.69. The Hall–Kier alpha value is -1.36.